The molecule has 0 heterocycles. The predicted octanol–water partition coefficient (Wildman–Crippen LogP) is 10.1. The van der Waals surface area contributed by atoms with E-state index in [1.165, 1.54) is 122 Å². The number of phenols is 1. The quantitative estimate of drug-likeness (QED) is 0.0596. The third kappa shape index (κ3) is 22.1. The minimum atomic E-state index is -0.342. The number of ether oxygens (including phenoxy) is 3. The average molecular weight is 589 g/mol. The first kappa shape index (κ1) is 37.5. The van der Waals surface area contributed by atoms with Crippen LogP contribution in [0.15, 0.2) is 24.3 Å². The molecule has 1 N–H and O–H groups in total. The number of phenolic OH excluding ortho intramolecular Hbond substituents is 1. The third-order valence-corrected chi connectivity index (χ3v) is 7.69. The number of benzene rings is 1. The van der Waals surface area contributed by atoms with Crippen molar-refractivity contribution < 1.29 is 28.9 Å². The van der Waals surface area contributed by atoms with Crippen molar-refractivity contribution in [1.82, 2.24) is 0 Å². The van der Waals surface area contributed by atoms with Crippen LogP contribution in [0.4, 0.5) is 0 Å². The maximum atomic E-state index is 11.9. The van der Waals surface area contributed by atoms with Gasteiger partial charge in [0, 0.05) is 12.5 Å². The lowest BCUT2D eigenvalue weighted by Crippen LogP contribution is -2.03. The first-order valence-electron chi connectivity index (χ1n) is 16.9. The van der Waals surface area contributed by atoms with Crippen LogP contribution in [0.2, 0.25) is 0 Å². The Morgan fingerprint density at radius 3 is 1.57 bits per heavy atom. The molecule has 240 valence electrons. The summed E-state index contributed by atoms with van der Waals surface area (Å²) >= 11 is 0. The second kappa shape index (κ2) is 27.3. The Bertz CT molecular complexity index is 834. The molecule has 0 saturated heterocycles. The number of rotatable bonds is 28. The number of hydrogen-bond acceptors (Lipinski definition) is 6. The highest BCUT2D eigenvalue weighted by molar-refractivity contribution is 5.87. The monoisotopic (exact) mass is 588 g/mol. The molecule has 0 unspecified atom stereocenters. The molecule has 0 aliphatic carbocycles. The van der Waals surface area contributed by atoms with Crippen molar-refractivity contribution in [3.8, 4) is 11.5 Å². The van der Waals surface area contributed by atoms with Crippen LogP contribution >= 0.6 is 0 Å². The average Bonchev–Trinajstić information content (AvgIpc) is 2.99. The van der Waals surface area contributed by atoms with Gasteiger partial charge in [0.1, 0.15) is 0 Å². The van der Waals surface area contributed by atoms with Crippen LogP contribution in [0.1, 0.15) is 154 Å². The number of aromatic hydroxyl groups is 1. The SMILES string of the molecule is CCOC(=O)CCCCCCCCCCCCCCCCCCCCCCCOC(=O)/C=C/c1ccc(O)c(OC)c1. The van der Waals surface area contributed by atoms with Gasteiger partial charge in [-0.15, -0.1) is 0 Å². The second-order valence-corrected chi connectivity index (χ2v) is 11.4. The number of methoxy groups -OCH3 is 1. The van der Waals surface area contributed by atoms with Gasteiger partial charge < -0.3 is 19.3 Å². The number of carbonyl (C=O) groups excluding carboxylic acids is 2. The van der Waals surface area contributed by atoms with E-state index in [4.69, 9.17) is 14.2 Å². The molecule has 0 aliphatic rings. The minimum Gasteiger partial charge on any atom is -0.504 e. The summed E-state index contributed by atoms with van der Waals surface area (Å²) in [6.45, 7) is 2.82. The molecule has 1 aromatic rings. The first-order valence-corrected chi connectivity index (χ1v) is 16.9. The topological polar surface area (TPSA) is 82.1 Å². The van der Waals surface area contributed by atoms with Crippen molar-refractivity contribution in [1.29, 1.82) is 0 Å². The smallest absolute Gasteiger partial charge is 0.330 e. The van der Waals surface area contributed by atoms with Gasteiger partial charge in [-0.2, -0.15) is 0 Å². The highest BCUT2D eigenvalue weighted by Gasteiger charge is 2.03. The van der Waals surface area contributed by atoms with Crippen LogP contribution in [-0.2, 0) is 19.1 Å². The molecule has 0 amide bonds. The predicted molar refractivity (Wildman–Crippen MR) is 173 cm³/mol. The Balaban J connectivity index is 1.77. The fourth-order valence-corrected chi connectivity index (χ4v) is 5.15. The highest BCUT2D eigenvalue weighted by atomic mass is 16.5. The molecule has 42 heavy (non-hydrogen) atoms. The zero-order chi connectivity index (χ0) is 30.5. The number of esters is 2. The van der Waals surface area contributed by atoms with Crippen LogP contribution in [0.3, 0.4) is 0 Å². The normalized spacial score (nSPS) is 11.2. The molecule has 0 aromatic heterocycles. The Morgan fingerprint density at radius 1 is 0.667 bits per heavy atom. The molecular weight excluding hydrogens is 528 g/mol. The van der Waals surface area contributed by atoms with Gasteiger partial charge in [-0.3, -0.25) is 4.79 Å². The molecule has 0 aliphatic heterocycles. The van der Waals surface area contributed by atoms with Gasteiger partial charge in [-0.1, -0.05) is 128 Å². The summed E-state index contributed by atoms with van der Waals surface area (Å²) in [6, 6.07) is 4.93. The van der Waals surface area contributed by atoms with Crippen molar-refractivity contribution in [2.24, 2.45) is 0 Å². The Labute approximate surface area is 256 Å². The molecule has 0 atom stereocenters. The summed E-state index contributed by atoms with van der Waals surface area (Å²) in [5, 5.41) is 9.62. The fourth-order valence-electron chi connectivity index (χ4n) is 5.15. The van der Waals surface area contributed by atoms with Gasteiger partial charge in [0.2, 0.25) is 0 Å². The summed E-state index contributed by atoms with van der Waals surface area (Å²) in [6.07, 6.45) is 30.6. The van der Waals surface area contributed by atoms with Crippen molar-refractivity contribution in [2.75, 3.05) is 20.3 Å². The van der Waals surface area contributed by atoms with Crippen molar-refractivity contribution in [2.45, 2.75) is 148 Å². The molecule has 0 fully saturated rings. The summed E-state index contributed by atoms with van der Waals surface area (Å²) < 4.78 is 15.3. The zero-order valence-electron chi connectivity index (χ0n) is 26.8. The van der Waals surface area contributed by atoms with E-state index < -0.39 is 0 Å². The van der Waals surface area contributed by atoms with E-state index in [2.05, 4.69) is 0 Å². The van der Waals surface area contributed by atoms with Gasteiger partial charge in [0.05, 0.1) is 20.3 Å². The number of unbranched alkanes of at least 4 members (excludes halogenated alkanes) is 20. The van der Waals surface area contributed by atoms with E-state index in [0.717, 1.165) is 31.2 Å². The molecule has 6 heteroatoms. The maximum absolute atomic E-state index is 11.9. The number of carbonyl (C=O) groups is 2. The highest BCUT2D eigenvalue weighted by Crippen LogP contribution is 2.26. The fraction of sp³-hybridized carbons (Fsp3) is 0.722. The summed E-state index contributed by atoms with van der Waals surface area (Å²) in [7, 11) is 1.49. The van der Waals surface area contributed by atoms with Crippen LogP contribution in [-0.4, -0.2) is 37.4 Å². The lowest BCUT2D eigenvalue weighted by atomic mass is 10.0. The largest absolute Gasteiger partial charge is 0.504 e. The molecule has 0 bridgehead atoms. The van der Waals surface area contributed by atoms with Crippen LogP contribution in [0.5, 0.6) is 11.5 Å². The molecule has 1 rings (SSSR count). The van der Waals surface area contributed by atoms with Gasteiger partial charge in [-0.05, 0) is 43.5 Å². The van der Waals surface area contributed by atoms with E-state index in [0.29, 0.717) is 25.4 Å². The standard InChI is InChI=1S/C36H60O6/c1-3-41-35(38)25-23-21-19-17-15-13-11-9-7-5-4-6-8-10-12-14-16-18-20-22-24-30-42-36(39)29-27-32-26-28-33(37)34(31-32)40-2/h26-29,31,37H,3-25,30H2,1-2H3/b29-27+. The first-order chi connectivity index (χ1) is 20.6. The molecule has 0 spiro atoms. The zero-order valence-corrected chi connectivity index (χ0v) is 26.8. The Hall–Kier alpha value is -2.50. The molecule has 6 nitrogen and oxygen atoms in total. The van der Waals surface area contributed by atoms with Crippen LogP contribution in [0.25, 0.3) is 6.08 Å². The van der Waals surface area contributed by atoms with E-state index in [1.807, 2.05) is 6.92 Å². The maximum Gasteiger partial charge on any atom is 0.330 e. The molecular formula is C36H60O6. The third-order valence-electron chi connectivity index (χ3n) is 7.69. The molecule has 0 saturated carbocycles. The summed E-state index contributed by atoms with van der Waals surface area (Å²) in [5.74, 6) is 0.0649. The van der Waals surface area contributed by atoms with E-state index >= 15 is 0 Å². The van der Waals surface area contributed by atoms with E-state index in [1.54, 1.807) is 24.3 Å². The van der Waals surface area contributed by atoms with E-state index in [-0.39, 0.29) is 17.7 Å². The Kier molecular flexibility index (Phi) is 24.4. The summed E-state index contributed by atoms with van der Waals surface area (Å²) in [5.41, 5.74) is 0.771. The molecule has 0 radical (unpaired) electrons. The number of hydrogen-bond donors (Lipinski definition) is 1. The minimum absolute atomic E-state index is 0.0449. The van der Waals surface area contributed by atoms with Gasteiger partial charge in [0.25, 0.3) is 0 Å². The lowest BCUT2D eigenvalue weighted by molar-refractivity contribution is -0.143. The van der Waals surface area contributed by atoms with Gasteiger partial charge in [0.15, 0.2) is 11.5 Å². The van der Waals surface area contributed by atoms with Gasteiger partial charge in [-0.25, -0.2) is 4.79 Å². The molecule has 1 aromatic carbocycles. The van der Waals surface area contributed by atoms with Crippen LogP contribution in [0, 0.1) is 0 Å². The Morgan fingerprint density at radius 2 is 1.12 bits per heavy atom. The van der Waals surface area contributed by atoms with E-state index in [9.17, 15) is 14.7 Å². The lowest BCUT2D eigenvalue weighted by Gasteiger charge is -2.05. The van der Waals surface area contributed by atoms with Crippen molar-refractivity contribution in [3.05, 3.63) is 29.8 Å². The van der Waals surface area contributed by atoms with Crippen LogP contribution < -0.4 is 4.74 Å². The van der Waals surface area contributed by atoms with Crippen molar-refractivity contribution in [3.63, 3.8) is 0 Å². The van der Waals surface area contributed by atoms with Crippen molar-refractivity contribution >= 4 is 18.0 Å². The second-order valence-electron chi connectivity index (χ2n) is 11.4. The summed E-state index contributed by atoms with van der Waals surface area (Å²) in [4.78, 5) is 23.2. The van der Waals surface area contributed by atoms with Gasteiger partial charge >= 0.3 is 11.9 Å².